The van der Waals surface area contributed by atoms with Gasteiger partial charge >= 0.3 is 0 Å². The van der Waals surface area contributed by atoms with E-state index in [0.717, 1.165) is 55.6 Å². The number of hydrogen-bond donors (Lipinski definition) is 1. The third-order valence-electron chi connectivity index (χ3n) is 6.19. The molecule has 1 N–H and O–H groups in total. The molecular formula is C23H30N4O2. The second-order valence-corrected chi connectivity index (χ2v) is 8.45. The van der Waals surface area contributed by atoms with Crippen molar-refractivity contribution in [3.05, 3.63) is 63.3 Å². The van der Waals surface area contributed by atoms with Crippen LogP contribution in [0.1, 0.15) is 61.8 Å². The molecular weight excluding hydrogens is 364 g/mol. The molecule has 154 valence electrons. The maximum atomic E-state index is 13.1. The summed E-state index contributed by atoms with van der Waals surface area (Å²) >= 11 is 0. The summed E-state index contributed by atoms with van der Waals surface area (Å²) in [5.41, 5.74) is 2.67. The van der Waals surface area contributed by atoms with Gasteiger partial charge in [-0.3, -0.25) is 14.5 Å². The number of likely N-dealkylation sites (tertiary alicyclic amines) is 1. The number of aromatic amines is 1. The first-order valence-electron chi connectivity index (χ1n) is 10.7. The van der Waals surface area contributed by atoms with Crippen LogP contribution in [-0.2, 0) is 24.2 Å². The van der Waals surface area contributed by atoms with E-state index in [9.17, 15) is 9.59 Å². The van der Waals surface area contributed by atoms with Gasteiger partial charge in [0.15, 0.2) is 0 Å². The van der Waals surface area contributed by atoms with Crippen LogP contribution in [0.25, 0.3) is 0 Å². The van der Waals surface area contributed by atoms with Crippen LogP contribution >= 0.6 is 0 Å². The van der Waals surface area contributed by atoms with E-state index in [-0.39, 0.29) is 17.5 Å². The number of amides is 1. The van der Waals surface area contributed by atoms with E-state index in [1.54, 1.807) is 0 Å². The molecule has 1 saturated heterocycles. The summed E-state index contributed by atoms with van der Waals surface area (Å²) in [5, 5.41) is 0. The topological polar surface area (TPSA) is 69.3 Å². The fourth-order valence-electron chi connectivity index (χ4n) is 4.46. The van der Waals surface area contributed by atoms with Crippen molar-refractivity contribution in [1.82, 2.24) is 19.8 Å². The van der Waals surface area contributed by atoms with Gasteiger partial charge in [-0.25, -0.2) is 4.98 Å². The molecule has 0 bridgehead atoms. The Hall–Kier alpha value is -2.47. The van der Waals surface area contributed by atoms with Crippen LogP contribution in [0.15, 0.2) is 35.1 Å². The Bertz CT molecular complexity index is 922. The Morgan fingerprint density at radius 3 is 2.76 bits per heavy atom. The van der Waals surface area contributed by atoms with E-state index < -0.39 is 0 Å². The number of aromatic nitrogens is 2. The maximum Gasteiger partial charge on any atom is 0.254 e. The number of hydrogen-bond acceptors (Lipinski definition) is 4. The fourth-order valence-corrected chi connectivity index (χ4v) is 4.46. The molecule has 1 fully saturated rings. The van der Waals surface area contributed by atoms with E-state index >= 15 is 0 Å². The van der Waals surface area contributed by atoms with Crippen molar-refractivity contribution in [3.8, 4) is 0 Å². The van der Waals surface area contributed by atoms with Crippen LogP contribution in [0.2, 0.25) is 0 Å². The average molecular weight is 395 g/mol. The van der Waals surface area contributed by atoms with Gasteiger partial charge in [0.2, 0.25) is 5.91 Å². The van der Waals surface area contributed by atoms with Gasteiger partial charge in [-0.1, -0.05) is 30.3 Å². The number of fused-ring (bicyclic) bond motifs is 1. The molecule has 1 aromatic carbocycles. The zero-order chi connectivity index (χ0) is 20.4. The molecule has 29 heavy (non-hydrogen) atoms. The Balaban J connectivity index is 1.60. The molecule has 6 heteroatoms. The lowest BCUT2D eigenvalue weighted by atomic mass is 9.99. The van der Waals surface area contributed by atoms with E-state index in [2.05, 4.69) is 23.7 Å². The number of carbonyl (C=O) groups is 1. The number of rotatable bonds is 4. The van der Waals surface area contributed by atoms with Crippen molar-refractivity contribution >= 4 is 5.91 Å². The van der Waals surface area contributed by atoms with Crippen molar-refractivity contribution in [2.24, 2.45) is 0 Å². The molecule has 3 heterocycles. The first-order valence-corrected chi connectivity index (χ1v) is 10.7. The summed E-state index contributed by atoms with van der Waals surface area (Å²) in [6, 6.07) is 10.1. The minimum atomic E-state index is -0.146. The molecule has 6 nitrogen and oxygen atoms in total. The van der Waals surface area contributed by atoms with Crippen molar-refractivity contribution in [2.45, 2.75) is 64.6 Å². The van der Waals surface area contributed by atoms with Crippen molar-refractivity contribution < 1.29 is 4.79 Å². The molecule has 2 aliphatic rings. The largest absolute Gasteiger partial charge is 0.332 e. The predicted octanol–water partition coefficient (Wildman–Crippen LogP) is 2.83. The summed E-state index contributed by atoms with van der Waals surface area (Å²) in [5.74, 6) is 0.755. The van der Waals surface area contributed by atoms with E-state index in [1.165, 1.54) is 0 Å². The van der Waals surface area contributed by atoms with Gasteiger partial charge in [-0.2, -0.15) is 0 Å². The molecule has 0 radical (unpaired) electrons. The molecule has 2 aromatic rings. The van der Waals surface area contributed by atoms with Gasteiger partial charge in [0, 0.05) is 31.2 Å². The molecule has 0 spiro atoms. The van der Waals surface area contributed by atoms with Crippen molar-refractivity contribution in [2.75, 3.05) is 13.1 Å². The van der Waals surface area contributed by atoms with Gasteiger partial charge < -0.3 is 9.88 Å². The second kappa shape index (κ2) is 8.49. The van der Waals surface area contributed by atoms with E-state index in [0.29, 0.717) is 24.8 Å². The third kappa shape index (κ3) is 4.27. The Kier molecular flexibility index (Phi) is 5.81. The Morgan fingerprint density at radius 1 is 1.21 bits per heavy atom. The summed E-state index contributed by atoms with van der Waals surface area (Å²) in [7, 11) is 0. The summed E-state index contributed by atoms with van der Waals surface area (Å²) in [6.45, 7) is 6.65. The zero-order valence-electron chi connectivity index (χ0n) is 17.4. The minimum Gasteiger partial charge on any atom is -0.332 e. The van der Waals surface area contributed by atoms with E-state index in [4.69, 9.17) is 4.98 Å². The number of benzene rings is 1. The van der Waals surface area contributed by atoms with Crippen LogP contribution in [0, 0.1) is 0 Å². The first-order chi connectivity index (χ1) is 14.0. The Labute approximate surface area is 172 Å². The highest BCUT2D eigenvalue weighted by atomic mass is 16.2. The standard InChI is InChI=1S/C23H30N4O2/c1-16(2)26-13-11-18-19(15-26)24-22(25-23(18)29)20-10-6-7-12-27(20)21(28)14-17-8-4-3-5-9-17/h3-5,8-9,16,20H,6-7,10-15H2,1-2H3,(H,24,25,29)/t20-/m1/s1. The predicted molar refractivity (Wildman–Crippen MR) is 113 cm³/mol. The summed E-state index contributed by atoms with van der Waals surface area (Å²) in [6.07, 6.45) is 3.99. The van der Waals surface area contributed by atoms with Gasteiger partial charge in [0.1, 0.15) is 5.82 Å². The van der Waals surface area contributed by atoms with Gasteiger partial charge in [-0.05, 0) is 45.1 Å². The number of H-pyrrole nitrogens is 1. The zero-order valence-corrected chi connectivity index (χ0v) is 17.4. The molecule has 1 aromatic heterocycles. The highest BCUT2D eigenvalue weighted by Crippen LogP contribution is 2.30. The summed E-state index contributed by atoms with van der Waals surface area (Å²) < 4.78 is 0. The first kappa shape index (κ1) is 19.8. The lowest BCUT2D eigenvalue weighted by Crippen LogP contribution is -2.43. The van der Waals surface area contributed by atoms with Crippen LogP contribution in [0.3, 0.4) is 0 Å². The number of nitrogens with zero attached hydrogens (tertiary/aromatic N) is 3. The molecule has 2 aliphatic heterocycles. The molecule has 4 rings (SSSR count). The highest BCUT2D eigenvalue weighted by Gasteiger charge is 2.31. The molecule has 0 aliphatic carbocycles. The SMILES string of the molecule is CC(C)N1CCc2c(nc([C@H]3CCCCN3C(=O)Cc3ccccc3)[nH]c2=O)C1. The van der Waals surface area contributed by atoms with Crippen LogP contribution in [0.4, 0.5) is 0 Å². The maximum absolute atomic E-state index is 13.1. The van der Waals surface area contributed by atoms with Gasteiger partial charge in [0.25, 0.3) is 5.56 Å². The van der Waals surface area contributed by atoms with E-state index in [1.807, 2.05) is 35.2 Å². The van der Waals surface area contributed by atoms with Crippen LogP contribution in [0.5, 0.6) is 0 Å². The quantitative estimate of drug-likeness (QED) is 0.866. The number of nitrogens with one attached hydrogen (secondary N) is 1. The fraction of sp³-hybridized carbons (Fsp3) is 0.522. The summed E-state index contributed by atoms with van der Waals surface area (Å²) in [4.78, 5) is 38.0. The Morgan fingerprint density at radius 2 is 2.00 bits per heavy atom. The van der Waals surface area contributed by atoms with Crippen molar-refractivity contribution in [3.63, 3.8) is 0 Å². The van der Waals surface area contributed by atoms with Gasteiger partial charge in [-0.15, -0.1) is 0 Å². The number of piperidine rings is 1. The van der Waals surface area contributed by atoms with Crippen LogP contribution in [-0.4, -0.2) is 44.8 Å². The second-order valence-electron chi connectivity index (χ2n) is 8.45. The molecule has 0 unspecified atom stereocenters. The lowest BCUT2D eigenvalue weighted by molar-refractivity contribution is -0.134. The average Bonchev–Trinajstić information content (AvgIpc) is 2.74. The smallest absolute Gasteiger partial charge is 0.254 e. The molecule has 1 amide bonds. The minimum absolute atomic E-state index is 0.0329. The third-order valence-corrected chi connectivity index (χ3v) is 6.19. The normalized spacial score (nSPS) is 20.0. The van der Waals surface area contributed by atoms with Crippen molar-refractivity contribution in [1.29, 1.82) is 0 Å². The monoisotopic (exact) mass is 394 g/mol. The lowest BCUT2D eigenvalue weighted by Gasteiger charge is -2.36. The molecule has 0 saturated carbocycles. The molecule has 1 atom stereocenters. The van der Waals surface area contributed by atoms with Crippen LogP contribution < -0.4 is 5.56 Å². The highest BCUT2D eigenvalue weighted by molar-refractivity contribution is 5.79. The van der Waals surface area contributed by atoms with Gasteiger partial charge in [0.05, 0.1) is 18.2 Å². The number of carbonyl (C=O) groups excluding carboxylic acids is 1.